The molecule has 124 valence electrons. The van der Waals surface area contributed by atoms with E-state index in [1.165, 1.54) is 6.92 Å². The van der Waals surface area contributed by atoms with Crippen molar-refractivity contribution in [2.75, 3.05) is 49.1 Å². The van der Waals surface area contributed by atoms with Crippen molar-refractivity contribution in [3.63, 3.8) is 0 Å². The number of ether oxygens (including phenoxy) is 1. The Hall–Kier alpha value is -2.28. The summed E-state index contributed by atoms with van der Waals surface area (Å²) in [5.41, 5.74) is 1.94. The van der Waals surface area contributed by atoms with Crippen LogP contribution in [0.3, 0.4) is 0 Å². The van der Waals surface area contributed by atoms with Gasteiger partial charge in [0, 0.05) is 44.5 Å². The van der Waals surface area contributed by atoms with Gasteiger partial charge in [0.15, 0.2) is 0 Å². The predicted octanol–water partition coefficient (Wildman–Crippen LogP) is 0.557. The molecule has 0 saturated carbocycles. The van der Waals surface area contributed by atoms with Crippen LogP contribution in [0.15, 0.2) is 24.3 Å². The maximum Gasteiger partial charge on any atom is 0.414 e. The molecule has 0 unspecified atom stereocenters. The van der Waals surface area contributed by atoms with Gasteiger partial charge >= 0.3 is 6.09 Å². The van der Waals surface area contributed by atoms with Crippen molar-refractivity contribution in [2.45, 2.75) is 13.0 Å². The van der Waals surface area contributed by atoms with Crippen LogP contribution in [-0.4, -0.2) is 57.4 Å². The molecule has 2 aliphatic rings. The Morgan fingerprint density at radius 3 is 2.83 bits per heavy atom. The first-order valence-electron chi connectivity index (χ1n) is 7.92. The fourth-order valence-electron chi connectivity index (χ4n) is 2.88. The van der Waals surface area contributed by atoms with Gasteiger partial charge in [-0.3, -0.25) is 9.69 Å². The molecule has 0 bridgehead atoms. The van der Waals surface area contributed by atoms with Crippen LogP contribution >= 0.6 is 0 Å². The van der Waals surface area contributed by atoms with Crippen molar-refractivity contribution in [1.29, 1.82) is 0 Å². The fraction of sp³-hybridized carbons (Fsp3) is 0.500. The molecule has 7 nitrogen and oxygen atoms in total. The number of rotatable bonds is 4. The third-order valence-electron chi connectivity index (χ3n) is 4.08. The SMILES string of the molecule is CC(=O)NC[C@H]1CN(c2cccc(N3CCNCC3)c2)C(=O)O1. The first kappa shape index (κ1) is 15.6. The highest BCUT2D eigenvalue weighted by molar-refractivity contribution is 5.90. The van der Waals surface area contributed by atoms with Crippen molar-refractivity contribution in [3.8, 4) is 0 Å². The lowest BCUT2D eigenvalue weighted by Crippen LogP contribution is -2.43. The van der Waals surface area contributed by atoms with Gasteiger partial charge in [-0.05, 0) is 18.2 Å². The second kappa shape index (κ2) is 6.87. The van der Waals surface area contributed by atoms with Crippen molar-refractivity contribution >= 4 is 23.4 Å². The third kappa shape index (κ3) is 3.73. The Balaban J connectivity index is 1.69. The summed E-state index contributed by atoms with van der Waals surface area (Å²) in [6, 6.07) is 7.95. The van der Waals surface area contributed by atoms with Crippen LogP contribution in [0.4, 0.5) is 16.2 Å². The minimum Gasteiger partial charge on any atom is -0.442 e. The number of anilines is 2. The van der Waals surface area contributed by atoms with E-state index in [1.54, 1.807) is 4.90 Å². The lowest BCUT2D eigenvalue weighted by Gasteiger charge is -2.30. The first-order valence-corrected chi connectivity index (χ1v) is 7.92. The summed E-state index contributed by atoms with van der Waals surface area (Å²) in [5, 5.41) is 6.01. The Kier molecular flexibility index (Phi) is 4.66. The van der Waals surface area contributed by atoms with Gasteiger partial charge in [0.05, 0.1) is 13.1 Å². The molecule has 1 atom stereocenters. The summed E-state index contributed by atoms with van der Waals surface area (Å²) < 4.78 is 5.31. The van der Waals surface area contributed by atoms with Gasteiger partial charge in [0.25, 0.3) is 0 Å². The lowest BCUT2D eigenvalue weighted by molar-refractivity contribution is -0.119. The monoisotopic (exact) mass is 318 g/mol. The average Bonchev–Trinajstić information content (AvgIpc) is 2.95. The first-order chi connectivity index (χ1) is 11.1. The van der Waals surface area contributed by atoms with Crippen LogP contribution in [0.1, 0.15) is 6.92 Å². The van der Waals surface area contributed by atoms with E-state index in [2.05, 4.69) is 21.6 Å². The molecule has 2 heterocycles. The normalized spacial score (nSPS) is 21.3. The Labute approximate surface area is 135 Å². The zero-order chi connectivity index (χ0) is 16.2. The number of hydrogen-bond acceptors (Lipinski definition) is 5. The topological polar surface area (TPSA) is 73.9 Å². The number of hydrogen-bond donors (Lipinski definition) is 2. The average molecular weight is 318 g/mol. The maximum atomic E-state index is 12.1. The minimum absolute atomic E-state index is 0.125. The highest BCUT2D eigenvalue weighted by Gasteiger charge is 2.32. The van der Waals surface area contributed by atoms with E-state index in [0.717, 1.165) is 37.6 Å². The highest BCUT2D eigenvalue weighted by Crippen LogP contribution is 2.26. The molecule has 2 aliphatic heterocycles. The molecule has 1 aromatic rings. The van der Waals surface area contributed by atoms with Crippen LogP contribution in [0, 0.1) is 0 Å². The Bertz CT molecular complexity index is 586. The number of nitrogens with zero attached hydrogens (tertiary/aromatic N) is 2. The molecule has 0 aromatic heterocycles. The maximum absolute atomic E-state index is 12.1. The molecule has 2 saturated heterocycles. The zero-order valence-corrected chi connectivity index (χ0v) is 13.2. The van der Waals surface area contributed by atoms with Gasteiger partial charge in [-0.25, -0.2) is 4.79 Å². The van der Waals surface area contributed by atoms with Gasteiger partial charge in [-0.1, -0.05) is 6.07 Å². The summed E-state index contributed by atoms with van der Waals surface area (Å²) in [4.78, 5) is 27.0. The van der Waals surface area contributed by atoms with Gasteiger partial charge < -0.3 is 20.3 Å². The summed E-state index contributed by atoms with van der Waals surface area (Å²) in [6.45, 7) is 6.09. The third-order valence-corrected chi connectivity index (χ3v) is 4.08. The van der Waals surface area contributed by atoms with Crippen LogP contribution in [-0.2, 0) is 9.53 Å². The second-order valence-electron chi connectivity index (χ2n) is 5.81. The summed E-state index contributed by atoms with van der Waals surface area (Å²) >= 11 is 0. The van der Waals surface area contributed by atoms with E-state index in [9.17, 15) is 9.59 Å². The number of benzene rings is 1. The van der Waals surface area contributed by atoms with Crippen LogP contribution in [0.25, 0.3) is 0 Å². The molecule has 3 rings (SSSR count). The summed E-state index contributed by atoms with van der Waals surface area (Å²) in [7, 11) is 0. The number of carbonyl (C=O) groups excluding carboxylic acids is 2. The molecule has 23 heavy (non-hydrogen) atoms. The van der Waals surface area contributed by atoms with E-state index in [4.69, 9.17) is 4.74 Å². The van der Waals surface area contributed by atoms with Crippen molar-refractivity contribution in [2.24, 2.45) is 0 Å². The van der Waals surface area contributed by atoms with Gasteiger partial charge in [-0.15, -0.1) is 0 Å². The quantitative estimate of drug-likeness (QED) is 0.848. The zero-order valence-electron chi connectivity index (χ0n) is 13.2. The molecule has 0 aliphatic carbocycles. The highest BCUT2D eigenvalue weighted by atomic mass is 16.6. The van der Waals surface area contributed by atoms with Crippen molar-refractivity contribution < 1.29 is 14.3 Å². The van der Waals surface area contributed by atoms with E-state index in [0.29, 0.717) is 13.1 Å². The molecule has 1 aromatic carbocycles. The summed E-state index contributed by atoms with van der Waals surface area (Å²) in [5.74, 6) is -0.125. The molecule has 0 radical (unpaired) electrons. The number of piperazine rings is 1. The molecule has 7 heteroatoms. The Morgan fingerprint density at radius 1 is 1.35 bits per heavy atom. The van der Waals surface area contributed by atoms with Crippen LogP contribution in [0.2, 0.25) is 0 Å². The lowest BCUT2D eigenvalue weighted by atomic mass is 10.2. The minimum atomic E-state index is -0.363. The van der Waals surface area contributed by atoms with E-state index in [1.807, 2.05) is 18.2 Å². The van der Waals surface area contributed by atoms with Crippen molar-refractivity contribution in [3.05, 3.63) is 24.3 Å². The number of carbonyl (C=O) groups is 2. The number of cyclic esters (lactones) is 1. The molecule has 0 spiro atoms. The molecular formula is C16H22N4O3. The molecule has 2 fully saturated rings. The van der Waals surface area contributed by atoms with Gasteiger partial charge in [0.2, 0.25) is 5.91 Å². The number of amides is 2. The Morgan fingerprint density at radius 2 is 2.09 bits per heavy atom. The van der Waals surface area contributed by atoms with E-state index in [-0.39, 0.29) is 18.1 Å². The second-order valence-corrected chi connectivity index (χ2v) is 5.81. The van der Waals surface area contributed by atoms with Crippen LogP contribution < -0.4 is 20.4 Å². The molecular weight excluding hydrogens is 296 g/mol. The number of nitrogens with one attached hydrogen (secondary N) is 2. The fourth-order valence-corrected chi connectivity index (χ4v) is 2.88. The molecule has 2 amide bonds. The smallest absolute Gasteiger partial charge is 0.414 e. The standard InChI is InChI=1S/C16H22N4O3/c1-12(21)18-10-15-11-20(16(22)23-15)14-4-2-3-13(9-14)19-7-5-17-6-8-19/h2-4,9,15,17H,5-8,10-11H2,1H3,(H,18,21)/t15-/m0/s1. The van der Waals surface area contributed by atoms with E-state index < -0.39 is 0 Å². The van der Waals surface area contributed by atoms with Gasteiger partial charge in [-0.2, -0.15) is 0 Å². The largest absolute Gasteiger partial charge is 0.442 e. The molecule has 2 N–H and O–H groups in total. The van der Waals surface area contributed by atoms with Crippen LogP contribution in [0.5, 0.6) is 0 Å². The van der Waals surface area contributed by atoms with E-state index >= 15 is 0 Å². The summed E-state index contributed by atoms with van der Waals surface area (Å²) in [6.07, 6.45) is -0.674. The van der Waals surface area contributed by atoms with Crippen molar-refractivity contribution in [1.82, 2.24) is 10.6 Å². The van der Waals surface area contributed by atoms with Gasteiger partial charge in [0.1, 0.15) is 6.10 Å². The predicted molar refractivity (Wildman–Crippen MR) is 87.8 cm³/mol.